The van der Waals surface area contributed by atoms with Crippen molar-refractivity contribution in [3.8, 4) is 0 Å². The molecule has 0 atom stereocenters. The highest BCUT2D eigenvalue weighted by molar-refractivity contribution is 7.80. The van der Waals surface area contributed by atoms with E-state index in [1.165, 1.54) is 52.7 Å². The summed E-state index contributed by atoms with van der Waals surface area (Å²) >= 11 is 8.29. The molecule has 3 rings (SSSR count). The second-order valence-corrected chi connectivity index (χ2v) is 9.87. The van der Waals surface area contributed by atoms with Gasteiger partial charge in [0.05, 0.1) is 0 Å². The summed E-state index contributed by atoms with van der Waals surface area (Å²) in [5, 5.41) is 0. The van der Waals surface area contributed by atoms with Crippen LogP contribution in [0, 0.1) is 20.8 Å². The molecule has 36 heavy (non-hydrogen) atoms. The van der Waals surface area contributed by atoms with Crippen LogP contribution < -0.4 is 0 Å². The molecule has 0 spiro atoms. The molecule has 0 fully saturated rings. The van der Waals surface area contributed by atoms with Crippen molar-refractivity contribution in [3.63, 3.8) is 0 Å². The lowest BCUT2D eigenvalue weighted by molar-refractivity contribution is 0.899. The van der Waals surface area contributed by atoms with E-state index < -0.39 is 0 Å². The van der Waals surface area contributed by atoms with Crippen molar-refractivity contribution in [1.82, 2.24) is 0 Å². The van der Waals surface area contributed by atoms with Crippen molar-refractivity contribution >= 4 is 30.8 Å². The first-order valence-corrected chi connectivity index (χ1v) is 14.3. The summed E-state index contributed by atoms with van der Waals surface area (Å²) in [6.45, 7) is 24.4. The zero-order chi connectivity index (χ0) is 27.9. The first-order valence-electron chi connectivity index (χ1n) is 13.2. The second-order valence-electron chi connectivity index (χ2n) is 8.91. The lowest BCUT2D eigenvalue weighted by atomic mass is 9.89. The molecule has 2 heteroatoms. The number of thiol groups is 2. The average molecular weight is 525 g/mol. The van der Waals surface area contributed by atoms with Crippen LogP contribution in [-0.4, -0.2) is 5.75 Å². The molecular formula is C34H52S2. The molecule has 2 aromatic carbocycles. The largest absolute Gasteiger partial charge is 0.179 e. The molecule has 0 N–H and O–H groups in total. The molecule has 0 saturated carbocycles. The van der Waals surface area contributed by atoms with Gasteiger partial charge in [-0.2, -0.15) is 12.6 Å². The van der Waals surface area contributed by atoms with Gasteiger partial charge in [-0.3, -0.25) is 0 Å². The molecule has 1 aliphatic rings. The third-order valence-electron chi connectivity index (χ3n) is 5.16. The highest BCUT2D eigenvalue weighted by atomic mass is 32.1. The fourth-order valence-electron chi connectivity index (χ4n) is 3.06. The molecule has 0 saturated heterocycles. The van der Waals surface area contributed by atoms with E-state index in [9.17, 15) is 0 Å². The third-order valence-corrected chi connectivity index (χ3v) is 5.77. The highest BCUT2D eigenvalue weighted by Crippen LogP contribution is 2.31. The van der Waals surface area contributed by atoms with Gasteiger partial charge >= 0.3 is 0 Å². The van der Waals surface area contributed by atoms with Crippen LogP contribution in [0.4, 0.5) is 0 Å². The molecule has 0 aliphatic heterocycles. The first kappa shape index (κ1) is 36.3. The predicted octanol–water partition coefficient (Wildman–Crippen LogP) is 11.6. The maximum absolute atomic E-state index is 4.29. The molecule has 2 aromatic rings. The van der Waals surface area contributed by atoms with Gasteiger partial charge in [-0.1, -0.05) is 94.3 Å². The number of aryl methyl sites for hydroxylation is 3. The Kier molecular flexibility index (Phi) is 23.7. The summed E-state index contributed by atoms with van der Waals surface area (Å²) in [7, 11) is 0. The van der Waals surface area contributed by atoms with Gasteiger partial charge in [0.25, 0.3) is 0 Å². The van der Waals surface area contributed by atoms with Crippen LogP contribution in [0.15, 0.2) is 89.9 Å². The van der Waals surface area contributed by atoms with Gasteiger partial charge in [-0.15, -0.1) is 19.2 Å². The Morgan fingerprint density at radius 3 is 1.89 bits per heavy atom. The molecule has 0 radical (unpaired) electrons. The maximum atomic E-state index is 4.29. The van der Waals surface area contributed by atoms with Crippen molar-refractivity contribution < 1.29 is 0 Å². The van der Waals surface area contributed by atoms with Crippen LogP contribution in [0.3, 0.4) is 0 Å². The monoisotopic (exact) mass is 524 g/mol. The number of hydrogen-bond donors (Lipinski definition) is 2. The van der Waals surface area contributed by atoms with E-state index in [1.54, 1.807) is 6.08 Å². The Morgan fingerprint density at radius 1 is 0.944 bits per heavy atom. The lowest BCUT2D eigenvalue weighted by Gasteiger charge is -2.16. The fraction of sp³-hybridized carbons (Fsp3) is 0.412. The van der Waals surface area contributed by atoms with E-state index in [0.29, 0.717) is 0 Å². The number of benzene rings is 2. The molecule has 0 unspecified atom stereocenters. The normalized spacial score (nSPS) is 11.3. The predicted molar refractivity (Wildman–Crippen MR) is 175 cm³/mol. The number of hydrogen-bond acceptors (Lipinski definition) is 2. The van der Waals surface area contributed by atoms with Gasteiger partial charge in [-0.25, -0.2) is 0 Å². The van der Waals surface area contributed by atoms with E-state index in [2.05, 4.69) is 129 Å². The standard InChI is InChI=1S/C15H16S.C9H12.C4H10S.C3H8.C3H6/c1-11-5-3-4-6-15(11)12(2)13-7-9-14(16)10-8-13;1-7-4-5-8(2)9(3)6-7;1-2-3-4-5;2*1-3-2/h3,5,7-10,16H,2,4,6H2,1H3;4-6H,1-3H3;5H,2-4H2,1H3;3H2,1-2H3;3H,1H2,2H3. The van der Waals surface area contributed by atoms with Crippen molar-refractivity contribution in [2.24, 2.45) is 0 Å². The van der Waals surface area contributed by atoms with Crippen molar-refractivity contribution in [3.05, 3.63) is 107 Å². The second kappa shape index (κ2) is 23.5. The third kappa shape index (κ3) is 17.5. The summed E-state index contributed by atoms with van der Waals surface area (Å²) in [6, 6.07) is 14.7. The van der Waals surface area contributed by atoms with Crippen LogP contribution in [0.2, 0.25) is 0 Å². The minimum Gasteiger partial charge on any atom is -0.179 e. The highest BCUT2D eigenvalue weighted by Gasteiger charge is 2.10. The van der Waals surface area contributed by atoms with Gasteiger partial charge < -0.3 is 0 Å². The van der Waals surface area contributed by atoms with Crippen molar-refractivity contribution in [2.75, 3.05) is 5.75 Å². The molecule has 200 valence electrons. The van der Waals surface area contributed by atoms with Gasteiger partial charge in [0.15, 0.2) is 0 Å². The Morgan fingerprint density at radius 2 is 1.50 bits per heavy atom. The molecule has 0 bridgehead atoms. The van der Waals surface area contributed by atoms with Crippen LogP contribution in [-0.2, 0) is 0 Å². The Labute approximate surface area is 235 Å². The quantitative estimate of drug-likeness (QED) is 0.288. The van der Waals surface area contributed by atoms with Gasteiger partial charge in [-0.05, 0) is 105 Å². The molecule has 1 aliphatic carbocycles. The van der Waals surface area contributed by atoms with Gasteiger partial charge in [0, 0.05) is 4.90 Å². The summed E-state index contributed by atoms with van der Waals surface area (Å²) in [5.41, 5.74) is 9.17. The van der Waals surface area contributed by atoms with Crippen LogP contribution >= 0.6 is 25.3 Å². The minimum atomic E-state index is 0.991. The first-order chi connectivity index (χ1) is 17.1. The van der Waals surface area contributed by atoms with Gasteiger partial charge in [0.1, 0.15) is 0 Å². The topological polar surface area (TPSA) is 0 Å². The smallest absolute Gasteiger partial charge is 0.00404 e. The summed E-state index contributed by atoms with van der Waals surface area (Å²) < 4.78 is 0. The minimum absolute atomic E-state index is 0.991. The van der Waals surface area contributed by atoms with Crippen LogP contribution in [0.5, 0.6) is 0 Å². The van der Waals surface area contributed by atoms with E-state index in [0.717, 1.165) is 29.1 Å². The Balaban J connectivity index is 0. The summed E-state index contributed by atoms with van der Waals surface area (Å²) in [5.74, 6) is 1.04. The zero-order valence-electron chi connectivity index (χ0n) is 24.3. The average Bonchev–Trinajstić information content (AvgIpc) is 2.84. The number of unbranched alkanes of at least 4 members (excludes halogenated alkanes) is 1. The molecule has 0 nitrogen and oxygen atoms in total. The zero-order valence-corrected chi connectivity index (χ0v) is 26.1. The van der Waals surface area contributed by atoms with E-state index in [4.69, 9.17) is 0 Å². The van der Waals surface area contributed by atoms with Crippen LogP contribution in [0.1, 0.15) is 89.0 Å². The van der Waals surface area contributed by atoms with Gasteiger partial charge in [0.2, 0.25) is 0 Å². The Hall–Kier alpha value is -1.90. The summed E-state index contributed by atoms with van der Waals surface area (Å²) in [6.07, 6.45) is 12.2. The van der Waals surface area contributed by atoms with E-state index in [-0.39, 0.29) is 0 Å². The van der Waals surface area contributed by atoms with E-state index in [1.807, 2.05) is 19.1 Å². The molecule has 0 heterocycles. The number of allylic oxidation sites excluding steroid dienone is 6. The van der Waals surface area contributed by atoms with Crippen molar-refractivity contribution in [1.29, 1.82) is 0 Å². The Bertz CT molecular complexity index is 913. The van der Waals surface area contributed by atoms with Crippen molar-refractivity contribution in [2.45, 2.75) is 92.4 Å². The molecule has 0 amide bonds. The fourth-order valence-corrected chi connectivity index (χ4v) is 3.53. The maximum Gasteiger partial charge on any atom is 0.00404 e. The van der Waals surface area contributed by atoms with Crippen LogP contribution in [0.25, 0.3) is 5.57 Å². The molecule has 0 aromatic heterocycles. The summed E-state index contributed by atoms with van der Waals surface area (Å²) in [4.78, 5) is 0.991. The SMILES string of the molecule is C=C(C1=C(C)C=CCC1)c1ccc(S)cc1.C=CC.CCC.CCCCS.Cc1ccc(C)c(C)c1. The van der Waals surface area contributed by atoms with E-state index >= 15 is 0 Å². The lowest BCUT2D eigenvalue weighted by Crippen LogP contribution is -1.95. The molecular weight excluding hydrogens is 473 g/mol. The number of rotatable bonds is 4.